The highest BCUT2D eigenvalue weighted by molar-refractivity contribution is 5.73. The minimum absolute atomic E-state index is 0.0408. The average molecular weight is 1030 g/mol. The lowest BCUT2D eigenvalue weighted by molar-refractivity contribution is -0.275. The predicted octanol–water partition coefficient (Wildman–Crippen LogP) is 4.75. The van der Waals surface area contributed by atoms with E-state index in [4.69, 9.17) is 29.4 Å². The normalized spacial score (nSPS) is 39.0. The van der Waals surface area contributed by atoms with Crippen molar-refractivity contribution in [1.82, 2.24) is 35.7 Å². The molecule has 0 aliphatic carbocycles. The van der Waals surface area contributed by atoms with Gasteiger partial charge in [-0.3, -0.25) is 9.80 Å². The number of hydrazine groups is 2. The number of rotatable bonds is 14. The van der Waals surface area contributed by atoms with Crippen LogP contribution in [0.15, 0.2) is 48.6 Å². The fourth-order valence-corrected chi connectivity index (χ4v) is 12.2. The minimum atomic E-state index is -1.79. The summed E-state index contributed by atoms with van der Waals surface area (Å²) in [6.07, 6.45) is 2.03. The summed E-state index contributed by atoms with van der Waals surface area (Å²) in [7, 11) is 5.51. The Labute approximate surface area is 433 Å². The highest BCUT2D eigenvalue weighted by atomic mass is 19.1. The number of hydrogen-bond donors (Lipinski definition) is 7. The number of benzene rings is 1. The maximum atomic E-state index is 14.6. The molecule has 1 aromatic carbocycles. The van der Waals surface area contributed by atoms with Crippen LogP contribution in [-0.2, 0) is 34.9 Å². The molecule has 1 unspecified atom stereocenters. The number of halogens is 1. The van der Waals surface area contributed by atoms with Gasteiger partial charge in [-0.1, -0.05) is 52.0 Å². The number of anilines is 1. The van der Waals surface area contributed by atoms with Gasteiger partial charge in [-0.05, 0) is 104 Å². The molecular formula is C54H89FN8O10. The number of likely N-dealkylation sites (N-methyl/N-ethyl adjacent to an activating group) is 1. The SMILES string of the molecule is CC[C@H]1OC(=O)[C@H](C)C([C@H]2C[C@@](C)(OC)[C@@H](O)[C@H](C)O2)[C@H](C)[C@@H](O[C@H]2C[C@@H](N(C)CCC3=CN([C@H](CF)Cc4ccc(-c5cnc(N)nc5)cc4)NN3)C[C@@H](C)O2)[C@](C)(O)C[C@@H](C)CN(C)[C@H](C)[C@@H](O)[C@]1(C)O. The van der Waals surface area contributed by atoms with E-state index in [1.165, 1.54) is 6.92 Å². The van der Waals surface area contributed by atoms with Crippen molar-refractivity contribution in [2.45, 2.75) is 198 Å². The topological polar surface area (TPSA) is 230 Å². The minimum Gasteiger partial charge on any atom is -0.459 e. The molecule has 0 amide bonds. The second-order valence-corrected chi connectivity index (χ2v) is 22.7. The fourth-order valence-electron chi connectivity index (χ4n) is 12.2. The number of carbonyl (C=O) groups is 1. The van der Waals surface area contributed by atoms with E-state index in [0.717, 1.165) is 28.8 Å². The molecule has 1 aromatic heterocycles. The Morgan fingerprint density at radius 2 is 1.66 bits per heavy atom. The van der Waals surface area contributed by atoms with Gasteiger partial charge in [0.1, 0.15) is 30.6 Å². The van der Waals surface area contributed by atoms with E-state index in [1.54, 1.807) is 45.3 Å². The van der Waals surface area contributed by atoms with Crippen LogP contribution in [0.4, 0.5) is 10.3 Å². The monoisotopic (exact) mass is 1030 g/mol. The summed E-state index contributed by atoms with van der Waals surface area (Å²) in [5.74, 6) is -2.59. The van der Waals surface area contributed by atoms with Gasteiger partial charge in [-0.25, -0.2) is 14.4 Å². The van der Waals surface area contributed by atoms with Crippen molar-refractivity contribution >= 4 is 11.9 Å². The largest absolute Gasteiger partial charge is 0.459 e. The number of esters is 1. The molecule has 8 N–H and O–H groups in total. The molecule has 18 atom stereocenters. The summed E-state index contributed by atoms with van der Waals surface area (Å²) in [4.78, 5) is 27.0. The van der Waals surface area contributed by atoms with Crippen LogP contribution >= 0.6 is 0 Å². The fraction of sp³-hybridized carbons (Fsp3) is 0.759. The van der Waals surface area contributed by atoms with Gasteiger partial charge in [0, 0.05) is 87.3 Å². The third kappa shape index (κ3) is 13.9. The summed E-state index contributed by atoms with van der Waals surface area (Å²) in [6.45, 7) is 19.0. The Balaban J connectivity index is 1.21. The van der Waals surface area contributed by atoms with Crippen molar-refractivity contribution in [1.29, 1.82) is 0 Å². The van der Waals surface area contributed by atoms with Crippen molar-refractivity contribution in [2.24, 2.45) is 23.7 Å². The first-order valence-electron chi connectivity index (χ1n) is 26.5. The number of hydrogen-bond acceptors (Lipinski definition) is 18. The predicted molar refractivity (Wildman–Crippen MR) is 277 cm³/mol. The van der Waals surface area contributed by atoms with E-state index in [-0.39, 0.29) is 36.9 Å². The number of methoxy groups -OCH3 is 1. The van der Waals surface area contributed by atoms with Gasteiger partial charge in [-0.15, -0.1) is 5.53 Å². The number of ether oxygens (including phenoxy) is 5. The molecule has 0 spiro atoms. The zero-order valence-electron chi connectivity index (χ0n) is 45.7. The van der Waals surface area contributed by atoms with Crippen molar-refractivity contribution in [3.05, 3.63) is 54.1 Å². The van der Waals surface area contributed by atoms with E-state index in [0.29, 0.717) is 38.8 Å². The van der Waals surface area contributed by atoms with Crippen molar-refractivity contribution in [3.63, 3.8) is 0 Å². The summed E-state index contributed by atoms with van der Waals surface area (Å²) >= 11 is 0. The first-order chi connectivity index (χ1) is 34.3. The number of aliphatic hydroxyl groups is 4. The summed E-state index contributed by atoms with van der Waals surface area (Å²) in [6, 6.07) is 6.98. The Bertz CT molecular complexity index is 2110. The number of aromatic nitrogens is 2. The van der Waals surface area contributed by atoms with E-state index < -0.39 is 102 Å². The lowest BCUT2D eigenvalue weighted by Crippen LogP contribution is -2.61. The summed E-state index contributed by atoms with van der Waals surface area (Å²) in [5.41, 5.74) is 11.5. The molecule has 3 fully saturated rings. The number of nitrogen functional groups attached to an aromatic ring is 1. The quantitative estimate of drug-likeness (QED) is 0.127. The average Bonchev–Trinajstić information content (AvgIpc) is 3.82. The Hall–Kier alpha value is -3.60. The second-order valence-electron chi connectivity index (χ2n) is 22.7. The molecular weight excluding hydrogens is 940 g/mol. The molecule has 0 radical (unpaired) electrons. The van der Waals surface area contributed by atoms with Crippen LogP contribution in [0.25, 0.3) is 11.1 Å². The number of carbonyl (C=O) groups excluding carboxylic acids is 1. The van der Waals surface area contributed by atoms with E-state index >= 15 is 0 Å². The molecule has 19 heteroatoms. The smallest absolute Gasteiger partial charge is 0.309 e. The van der Waals surface area contributed by atoms with Gasteiger partial charge in [0.2, 0.25) is 5.95 Å². The van der Waals surface area contributed by atoms with Gasteiger partial charge in [-0.2, -0.15) is 0 Å². The van der Waals surface area contributed by atoms with Crippen LogP contribution in [0.1, 0.15) is 113 Å². The summed E-state index contributed by atoms with van der Waals surface area (Å²) < 4.78 is 47.2. The zero-order chi connectivity index (χ0) is 53.7. The van der Waals surface area contributed by atoms with E-state index in [2.05, 4.69) is 32.9 Å². The first kappa shape index (κ1) is 58.7. The third-order valence-electron chi connectivity index (χ3n) is 16.8. The highest BCUT2D eigenvalue weighted by Crippen LogP contribution is 2.45. The van der Waals surface area contributed by atoms with E-state index in [1.807, 2.05) is 84.0 Å². The second kappa shape index (κ2) is 24.6. The maximum absolute atomic E-state index is 14.6. The Morgan fingerprint density at radius 3 is 2.29 bits per heavy atom. The van der Waals surface area contributed by atoms with Crippen LogP contribution in [0.2, 0.25) is 0 Å². The van der Waals surface area contributed by atoms with Crippen LogP contribution in [0.3, 0.4) is 0 Å². The molecule has 0 saturated carbocycles. The molecule has 18 nitrogen and oxygen atoms in total. The van der Waals surface area contributed by atoms with Crippen LogP contribution in [0, 0.1) is 23.7 Å². The molecule has 3 saturated heterocycles. The Kier molecular flexibility index (Phi) is 19.8. The molecule has 6 rings (SSSR count). The van der Waals surface area contributed by atoms with Crippen LogP contribution in [0.5, 0.6) is 0 Å². The van der Waals surface area contributed by atoms with E-state index in [9.17, 15) is 29.6 Å². The van der Waals surface area contributed by atoms with Crippen LogP contribution < -0.4 is 16.7 Å². The molecule has 0 bridgehead atoms. The standard InChI is InChI=1S/C54H89FN8O10/c1-14-44-54(10,68)47(64)35(6)62(12)29-31(2)24-52(8,67)49(33(4)46(34(5)50(66)72-44)43-25-53(9,69-13)48(65)36(7)71-43)73-45-23-41(21-32(3)70-45)61(11)20-19-40-30-63(60-59-40)42(26-55)22-37-15-17-38(18-16-37)39-27-57-51(56)58-28-39/h15-18,27-28,30-36,41-49,59-60,64-65,67-68H,14,19-26,29H2,1-13H3,(H2,56,57,58)/t31-,32-,33+,34-,35-,36+,41+,42+,43-,44-,45+,46?,47-,48+,49-,52-,53-,54-/m1/s1. The number of alkyl halides is 1. The first-order valence-corrected chi connectivity index (χ1v) is 26.5. The molecule has 4 aliphatic rings. The van der Waals surface area contributed by atoms with Crippen molar-refractivity contribution in [2.75, 3.05) is 46.7 Å². The third-order valence-corrected chi connectivity index (χ3v) is 16.8. The lowest BCUT2D eigenvalue weighted by Gasteiger charge is -2.51. The number of nitrogens with two attached hydrogens (primary N) is 1. The highest BCUT2D eigenvalue weighted by Gasteiger charge is 2.54. The molecule has 5 heterocycles. The number of aliphatic hydroxyl groups excluding tert-OH is 2. The molecule has 2 aromatic rings. The van der Waals surface area contributed by atoms with Crippen LogP contribution in [-0.4, -0.2) is 176 Å². The molecule has 73 heavy (non-hydrogen) atoms. The number of nitrogens with zero attached hydrogens (tertiary/aromatic N) is 5. The Morgan fingerprint density at radius 1 is 0.986 bits per heavy atom. The van der Waals surface area contributed by atoms with Gasteiger partial charge in [0.15, 0.2) is 6.29 Å². The number of nitrogens with one attached hydrogen (secondary N) is 2. The molecule has 4 aliphatic heterocycles. The zero-order valence-corrected chi connectivity index (χ0v) is 45.7. The maximum Gasteiger partial charge on any atom is 0.309 e. The molecule has 412 valence electrons. The van der Waals surface area contributed by atoms with Gasteiger partial charge in [0.05, 0.1) is 47.6 Å². The number of cyclic esters (lactones) is 1. The van der Waals surface area contributed by atoms with Gasteiger partial charge < -0.3 is 65.1 Å². The van der Waals surface area contributed by atoms with Gasteiger partial charge in [0.25, 0.3) is 0 Å². The van der Waals surface area contributed by atoms with Crippen molar-refractivity contribution in [3.8, 4) is 11.1 Å². The van der Waals surface area contributed by atoms with Gasteiger partial charge >= 0.3 is 5.97 Å². The lowest BCUT2D eigenvalue weighted by atomic mass is 9.68. The summed E-state index contributed by atoms with van der Waals surface area (Å²) in [5, 5.41) is 49.7. The van der Waals surface area contributed by atoms with Crippen molar-refractivity contribution < 1.29 is 53.3 Å².